The Kier molecular flexibility index (Phi) is 3.61. The third-order valence-corrected chi connectivity index (χ3v) is 5.47. The Balaban J connectivity index is 1.91. The largest absolute Gasteiger partial charge is 0.333 e. The zero-order valence-corrected chi connectivity index (χ0v) is 13.1. The van der Waals surface area contributed by atoms with E-state index in [9.17, 15) is 4.79 Å². The molecule has 1 aromatic carbocycles. The van der Waals surface area contributed by atoms with Crippen LogP contribution in [0.15, 0.2) is 28.7 Å². The van der Waals surface area contributed by atoms with Crippen LogP contribution in [0.3, 0.4) is 0 Å². The molecule has 2 aliphatic rings. The van der Waals surface area contributed by atoms with Crippen molar-refractivity contribution < 1.29 is 4.79 Å². The van der Waals surface area contributed by atoms with E-state index in [0.717, 1.165) is 23.9 Å². The minimum Gasteiger partial charge on any atom is -0.333 e. The van der Waals surface area contributed by atoms with E-state index in [1.165, 1.54) is 12.0 Å². The molecule has 0 bridgehead atoms. The van der Waals surface area contributed by atoms with Gasteiger partial charge in [-0.2, -0.15) is 0 Å². The predicted octanol–water partition coefficient (Wildman–Crippen LogP) is 3.92. The molecule has 1 unspecified atom stereocenters. The highest BCUT2D eigenvalue weighted by atomic mass is 79.9. The van der Waals surface area contributed by atoms with Gasteiger partial charge in [-0.15, -0.1) is 11.6 Å². The van der Waals surface area contributed by atoms with Gasteiger partial charge in [0.15, 0.2) is 0 Å². The monoisotopic (exact) mass is 341 g/mol. The number of amides is 1. The number of hydrogen-bond donors (Lipinski definition) is 0. The second kappa shape index (κ2) is 5.10. The molecule has 19 heavy (non-hydrogen) atoms. The molecule has 0 spiro atoms. The van der Waals surface area contributed by atoms with E-state index in [0.29, 0.717) is 18.2 Å². The average molecular weight is 343 g/mol. The molecular formula is C15H17BrClNO. The number of halogens is 2. The molecule has 1 aromatic rings. The Labute approximate surface area is 127 Å². The van der Waals surface area contributed by atoms with Crippen LogP contribution in [-0.4, -0.2) is 23.2 Å². The minimum atomic E-state index is -0.0570. The van der Waals surface area contributed by atoms with E-state index in [-0.39, 0.29) is 11.4 Å². The van der Waals surface area contributed by atoms with Crippen molar-refractivity contribution in [2.75, 3.05) is 12.4 Å². The van der Waals surface area contributed by atoms with Gasteiger partial charge in [-0.05, 0) is 42.9 Å². The fourth-order valence-electron chi connectivity index (χ4n) is 3.28. The van der Waals surface area contributed by atoms with Crippen LogP contribution in [0, 0.1) is 5.92 Å². The Morgan fingerprint density at radius 1 is 1.32 bits per heavy atom. The summed E-state index contributed by atoms with van der Waals surface area (Å²) in [5, 5.41) is 0. The maximum absolute atomic E-state index is 12.3. The summed E-state index contributed by atoms with van der Waals surface area (Å²) in [5.74, 6) is 1.17. The molecule has 1 amide bonds. The Morgan fingerprint density at radius 2 is 2.00 bits per heavy atom. The van der Waals surface area contributed by atoms with Crippen LogP contribution in [0.25, 0.3) is 0 Å². The SMILES string of the molecule is O=C1CC(CCl)CN1C1(c2ccc(Br)cc2)CCC1. The van der Waals surface area contributed by atoms with Crippen molar-refractivity contribution in [1.82, 2.24) is 4.90 Å². The fraction of sp³-hybridized carbons (Fsp3) is 0.533. The second-order valence-electron chi connectivity index (χ2n) is 5.62. The lowest BCUT2D eigenvalue weighted by Crippen LogP contribution is -2.51. The zero-order valence-electron chi connectivity index (χ0n) is 10.7. The smallest absolute Gasteiger partial charge is 0.223 e. The highest BCUT2D eigenvalue weighted by Crippen LogP contribution is 2.49. The van der Waals surface area contributed by atoms with E-state index < -0.39 is 0 Å². The highest BCUT2D eigenvalue weighted by Gasteiger charge is 2.49. The van der Waals surface area contributed by atoms with Crippen molar-refractivity contribution in [3.63, 3.8) is 0 Å². The zero-order chi connectivity index (χ0) is 13.5. The topological polar surface area (TPSA) is 20.3 Å². The van der Waals surface area contributed by atoms with Gasteiger partial charge in [0.1, 0.15) is 0 Å². The van der Waals surface area contributed by atoms with Gasteiger partial charge >= 0.3 is 0 Å². The van der Waals surface area contributed by atoms with Crippen molar-refractivity contribution in [3.8, 4) is 0 Å². The number of nitrogens with zero attached hydrogens (tertiary/aromatic N) is 1. The number of benzene rings is 1. The first-order valence-corrected chi connectivity index (χ1v) is 8.11. The van der Waals surface area contributed by atoms with Crippen LogP contribution in [0.4, 0.5) is 0 Å². The number of likely N-dealkylation sites (tertiary alicyclic amines) is 1. The van der Waals surface area contributed by atoms with Gasteiger partial charge in [0, 0.05) is 23.3 Å². The van der Waals surface area contributed by atoms with Crippen LogP contribution in [0.1, 0.15) is 31.2 Å². The first-order chi connectivity index (χ1) is 9.15. The lowest BCUT2D eigenvalue weighted by atomic mass is 9.70. The lowest BCUT2D eigenvalue weighted by molar-refractivity contribution is -0.137. The molecule has 3 rings (SSSR count). The first kappa shape index (κ1) is 13.4. The summed E-state index contributed by atoms with van der Waals surface area (Å²) in [6.45, 7) is 0.818. The van der Waals surface area contributed by atoms with Crippen molar-refractivity contribution in [2.24, 2.45) is 5.92 Å². The van der Waals surface area contributed by atoms with Crippen molar-refractivity contribution in [1.29, 1.82) is 0 Å². The third-order valence-electron chi connectivity index (χ3n) is 4.50. The predicted molar refractivity (Wildman–Crippen MR) is 80.2 cm³/mol. The number of carbonyl (C=O) groups is 1. The molecule has 2 fully saturated rings. The number of carbonyl (C=O) groups excluding carboxylic acids is 1. The Morgan fingerprint density at radius 3 is 2.47 bits per heavy atom. The van der Waals surface area contributed by atoms with E-state index >= 15 is 0 Å². The van der Waals surface area contributed by atoms with Gasteiger partial charge in [0.25, 0.3) is 0 Å². The summed E-state index contributed by atoms with van der Waals surface area (Å²) in [5.41, 5.74) is 1.21. The third kappa shape index (κ3) is 2.21. The molecule has 1 heterocycles. The van der Waals surface area contributed by atoms with Gasteiger partial charge in [-0.3, -0.25) is 4.79 Å². The standard InChI is InChI=1S/C15H17BrClNO/c16-13-4-2-12(3-5-13)15(6-1-7-15)18-10-11(9-17)8-14(18)19/h2-5,11H,1,6-10H2. The molecule has 0 aromatic heterocycles. The minimum absolute atomic E-state index is 0.0570. The van der Waals surface area contributed by atoms with Crippen molar-refractivity contribution >= 4 is 33.4 Å². The molecule has 1 saturated carbocycles. The molecule has 2 nitrogen and oxygen atoms in total. The lowest BCUT2D eigenvalue weighted by Gasteiger charge is -2.49. The molecule has 4 heteroatoms. The summed E-state index contributed by atoms with van der Waals surface area (Å²) in [6.07, 6.45) is 3.97. The van der Waals surface area contributed by atoms with Crippen molar-refractivity contribution in [3.05, 3.63) is 34.3 Å². The maximum atomic E-state index is 12.3. The van der Waals surface area contributed by atoms with Gasteiger partial charge < -0.3 is 4.90 Å². The number of alkyl halides is 1. The van der Waals surface area contributed by atoms with Gasteiger partial charge in [-0.25, -0.2) is 0 Å². The summed E-state index contributed by atoms with van der Waals surface area (Å²) < 4.78 is 1.08. The number of rotatable bonds is 3. The van der Waals surface area contributed by atoms with Crippen LogP contribution in [0.5, 0.6) is 0 Å². The van der Waals surface area contributed by atoms with Gasteiger partial charge in [-0.1, -0.05) is 28.1 Å². The van der Waals surface area contributed by atoms with E-state index in [4.69, 9.17) is 11.6 Å². The van der Waals surface area contributed by atoms with Gasteiger partial charge in [0.05, 0.1) is 5.54 Å². The summed E-state index contributed by atoms with van der Waals surface area (Å²) in [6, 6.07) is 8.42. The molecule has 1 aliphatic heterocycles. The average Bonchev–Trinajstić information content (AvgIpc) is 2.72. The highest BCUT2D eigenvalue weighted by molar-refractivity contribution is 9.10. The van der Waals surface area contributed by atoms with Gasteiger partial charge in [0.2, 0.25) is 5.91 Å². The molecule has 102 valence electrons. The Hall–Kier alpha value is -0.540. The molecule has 1 atom stereocenters. The van der Waals surface area contributed by atoms with Crippen LogP contribution < -0.4 is 0 Å². The summed E-state index contributed by atoms with van der Waals surface area (Å²) >= 11 is 9.40. The maximum Gasteiger partial charge on any atom is 0.223 e. The normalized spacial score (nSPS) is 25.5. The summed E-state index contributed by atoms with van der Waals surface area (Å²) in [7, 11) is 0. The van der Waals surface area contributed by atoms with E-state index in [1.807, 2.05) is 0 Å². The van der Waals surface area contributed by atoms with Crippen LogP contribution >= 0.6 is 27.5 Å². The molecule has 1 aliphatic carbocycles. The molecule has 0 radical (unpaired) electrons. The first-order valence-electron chi connectivity index (χ1n) is 6.78. The van der Waals surface area contributed by atoms with E-state index in [1.54, 1.807) is 0 Å². The Bertz CT molecular complexity index is 483. The van der Waals surface area contributed by atoms with Crippen LogP contribution in [0.2, 0.25) is 0 Å². The second-order valence-corrected chi connectivity index (χ2v) is 6.85. The quantitative estimate of drug-likeness (QED) is 0.763. The summed E-state index contributed by atoms with van der Waals surface area (Å²) in [4.78, 5) is 14.4. The fourth-order valence-corrected chi connectivity index (χ4v) is 3.76. The van der Waals surface area contributed by atoms with Crippen LogP contribution in [-0.2, 0) is 10.3 Å². The van der Waals surface area contributed by atoms with E-state index in [2.05, 4.69) is 45.1 Å². The molecular weight excluding hydrogens is 326 g/mol. The molecule has 1 saturated heterocycles. The molecule has 0 N–H and O–H groups in total. The van der Waals surface area contributed by atoms with Crippen molar-refractivity contribution in [2.45, 2.75) is 31.2 Å². The number of hydrogen-bond acceptors (Lipinski definition) is 1.